The van der Waals surface area contributed by atoms with E-state index >= 15 is 0 Å². The molecule has 0 aromatic heterocycles. The molecule has 2 N–H and O–H groups in total. The Hall–Kier alpha value is -2.42. The van der Waals surface area contributed by atoms with Gasteiger partial charge in [-0.1, -0.05) is 50.6 Å². The van der Waals surface area contributed by atoms with Gasteiger partial charge in [-0.2, -0.15) is 4.31 Å². The zero-order chi connectivity index (χ0) is 21.4. The molecule has 0 heterocycles. The van der Waals surface area contributed by atoms with Crippen LogP contribution in [0.1, 0.15) is 32.3 Å². The van der Waals surface area contributed by atoms with Crippen molar-refractivity contribution in [3.8, 4) is 5.75 Å². The van der Waals surface area contributed by atoms with Gasteiger partial charge in [-0.25, -0.2) is 13.9 Å². The van der Waals surface area contributed by atoms with E-state index in [-0.39, 0.29) is 23.8 Å². The first-order valence-corrected chi connectivity index (χ1v) is 10.9. The van der Waals surface area contributed by atoms with Crippen LogP contribution in [-0.4, -0.2) is 37.0 Å². The summed E-state index contributed by atoms with van der Waals surface area (Å²) in [5.41, 5.74) is 2.38. The molecule has 0 aliphatic heterocycles. The van der Waals surface area contributed by atoms with Gasteiger partial charge < -0.3 is 4.74 Å². The number of sulfonamides is 1. The van der Waals surface area contributed by atoms with Gasteiger partial charge in [-0.15, -0.1) is 0 Å². The third kappa shape index (κ3) is 5.79. The van der Waals surface area contributed by atoms with E-state index < -0.39 is 22.0 Å². The van der Waals surface area contributed by atoms with Crippen molar-refractivity contribution in [3.63, 3.8) is 0 Å². The highest BCUT2D eigenvalue weighted by Gasteiger charge is 2.36. The molecule has 2 aromatic rings. The predicted octanol–water partition coefficient (Wildman–Crippen LogP) is 3.20. The Balaban J connectivity index is 2.52. The molecule has 2 atom stereocenters. The van der Waals surface area contributed by atoms with E-state index in [1.165, 1.54) is 19.2 Å². The summed E-state index contributed by atoms with van der Waals surface area (Å²) < 4.78 is 33.2. The number of hydrogen-bond donors (Lipinski definition) is 2. The highest BCUT2D eigenvalue weighted by Crippen LogP contribution is 2.26. The van der Waals surface area contributed by atoms with E-state index in [0.29, 0.717) is 5.75 Å². The summed E-state index contributed by atoms with van der Waals surface area (Å²) >= 11 is 0. The molecule has 0 saturated heterocycles. The summed E-state index contributed by atoms with van der Waals surface area (Å²) in [7, 11) is -2.53. The highest BCUT2D eigenvalue weighted by molar-refractivity contribution is 7.89. The smallest absolute Gasteiger partial charge is 0.261 e. The minimum atomic E-state index is -4.03. The van der Waals surface area contributed by atoms with Crippen molar-refractivity contribution >= 4 is 15.9 Å². The number of ether oxygens (including phenoxy) is 1. The van der Waals surface area contributed by atoms with E-state index in [9.17, 15) is 18.4 Å². The third-order valence-corrected chi connectivity index (χ3v) is 6.80. The molecular weight excluding hydrogens is 392 g/mol. The molecule has 0 bridgehead atoms. The number of hydroxylamine groups is 1. The zero-order valence-corrected chi connectivity index (χ0v) is 17.7. The van der Waals surface area contributed by atoms with E-state index in [0.717, 1.165) is 16.3 Å². The monoisotopic (exact) mass is 420 g/mol. The highest BCUT2D eigenvalue weighted by atomic mass is 32.2. The lowest BCUT2D eigenvalue weighted by Gasteiger charge is -2.31. The first kappa shape index (κ1) is 22.9. The van der Waals surface area contributed by atoms with E-state index in [1.807, 2.05) is 32.0 Å². The molecule has 0 radical (unpaired) electrons. The van der Waals surface area contributed by atoms with Gasteiger partial charge in [0.05, 0.1) is 12.0 Å². The summed E-state index contributed by atoms with van der Waals surface area (Å²) in [6.07, 6.45) is 1.06. The van der Waals surface area contributed by atoms with Crippen molar-refractivity contribution in [1.29, 1.82) is 0 Å². The number of rotatable bonds is 10. The van der Waals surface area contributed by atoms with Crippen LogP contribution in [0.4, 0.5) is 0 Å². The summed E-state index contributed by atoms with van der Waals surface area (Å²) in [6.45, 7) is 3.92. The third-order valence-electron chi connectivity index (χ3n) is 4.93. The molecule has 29 heavy (non-hydrogen) atoms. The van der Waals surface area contributed by atoms with Crippen LogP contribution in [0.5, 0.6) is 5.75 Å². The Labute approximate surface area is 172 Å². The molecule has 0 aliphatic rings. The topological polar surface area (TPSA) is 95.9 Å². The quantitative estimate of drug-likeness (QED) is 0.455. The molecule has 0 aliphatic carbocycles. The second kappa shape index (κ2) is 10.4. The van der Waals surface area contributed by atoms with Crippen LogP contribution in [0.3, 0.4) is 0 Å². The molecule has 7 nitrogen and oxygen atoms in total. The maximum atomic E-state index is 13.5. The van der Waals surface area contributed by atoms with Crippen LogP contribution >= 0.6 is 0 Å². The molecule has 158 valence electrons. The minimum Gasteiger partial charge on any atom is -0.497 e. The van der Waals surface area contributed by atoms with E-state index in [1.54, 1.807) is 29.7 Å². The summed E-state index contributed by atoms with van der Waals surface area (Å²) in [6, 6.07) is 14.0. The lowest BCUT2D eigenvalue weighted by atomic mass is 9.98. The van der Waals surface area contributed by atoms with Crippen molar-refractivity contribution < 1.29 is 23.2 Å². The molecular formula is C21H28N2O5S. The number of hydrogen-bond acceptors (Lipinski definition) is 5. The molecule has 2 rings (SSSR count). The number of benzene rings is 2. The fraction of sp³-hybridized carbons (Fsp3) is 0.381. The Bertz CT molecular complexity index is 885. The Morgan fingerprint density at radius 2 is 1.76 bits per heavy atom. The summed E-state index contributed by atoms with van der Waals surface area (Å²) in [5.74, 6) is -0.136. The maximum absolute atomic E-state index is 13.5. The molecule has 2 aromatic carbocycles. The van der Waals surface area contributed by atoms with Gasteiger partial charge in [-0.05, 0) is 42.2 Å². The fourth-order valence-corrected chi connectivity index (χ4v) is 4.57. The van der Waals surface area contributed by atoms with Crippen molar-refractivity contribution in [2.45, 2.75) is 44.2 Å². The van der Waals surface area contributed by atoms with Gasteiger partial charge >= 0.3 is 0 Å². The molecule has 1 amide bonds. The molecule has 0 saturated carbocycles. The number of nitrogens with one attached hydrogen (secondary N) is 1. The van der Waals surface area contributed by atoms with Gasteiger partial charge in [0, 0.05) is 6.54 Å². The van der Waals surface area contributed by atoms with Crippen LogP contribution in [0, 0.1) is 5.92 Å². The van der Waals surface area contributed by atoms with E-state index in [2.05, 4.69) is 0 Å². The average molecular weight is 421 g/mol. The number of methoxy groups -OCH3 is 1. The van der Waals surface area contributed by atoms with E-state index in [4.69, 9.17) is 4.74 Å². The number of amides is 1. The Morgan fingerprint density at radius 3 is 2.28 bits per heavy atom. The van der Waals surface area contributed by atoms with Crippen LogP contribution in [0.15, 0.2) is 59.5 Å². The minimum absolute atomic E-state index is 0.00369. The standard InChI is InChI=1S/C21H28N2O5S/c1-4-16(2)14-20(21(24)22-25)23(15-17-8-6-5-7-9-17)29(26,27)19-12-10-18(28-3)11-13-19/h5-13,16,20,25H,4,14-15H2,1-3H3,(H,22,24)/t16-,20-/m1/s1. The molecule has 0 fully saturated rings. The van der Waals surface area contributed by atoms with Crippen molar-refractivity contribution in [3.05, 3.63) is 60.2 Å². The van der Waals surface area contributed by atoms with Crippen LogP contribution < -0.4 is 10.2 Å². The SMILES string of the molecule is CC[C@@H](C)C[C@H](C(=O)NO)N(Cc1ccccc1)S(=O)(=O)c1ccc(OC)cc1. The van der Waals surface area contributed by atoms with Gasteiger partial charge in [0.1, 0.15) is 11.8 Å². The van der Waals surface area contributed by atoms with Crippen LogP contribution in [-0.2, 0) is 21.4 Å². The first-order chi connectivity index (χ1) is 13.8. The molecule has 0 unspecified atom stereocenters. The van der Waals surface area contributed by atoms with Gasteiger partial charge in [0.25, 0.3) is 5.91 Å². The number of carbonyl (C=O) groups is 1. The lowest BCUT2D eigenvalue weighted by molar-refractivity contribution is -0.133. The molecule has 8 heteroatoms. The summed E-state index contributed by atoms with van der Waals surface area (Å²) in [4.78, 5) is 12.5. The largest absolute Gasteiger partial charge is 0.497 e. The fourth-order valence-electron chi connectivity index (χ4n) is 2.99. The summed E-state index contributed by atoms with van der Waals surface area (Å²) in [5, 5.41) is 9.27. The van der Waals surface area contributed by atoms with Crippen LogP contribution in [0.25, 0.3) is 0 Å². The lowest BCUT2D eigenvalue weighted by Crippen LogP contribution is -2.49. The van der Waals surface area contributed by atoms with Gasteiger partial charge in [-0.3, -0.25) is 10.0 Å². The second-order valence-electron chi connectivity index (χ2n) is 6.95. The van der Waals surface area contributed by atoms with Crippen molar-refractivity contribution in [1.82, 2.24) is 9.79 Å². The van der Waals surface area contributed by atoms with Crippen molar-refractivity contribution in [2.24, 2.45) is 5.92 Å². The number of carbonyl (C=O) groups excluding carboxylic acids is 1. The van der Waals surface area contributed by atoms with Crippen LogP contribution in [0.2, 0.25) is 0 Å². The number of nitrogens with zero attached hydrogens (tertiary/aromatic N) is 1. The average Bonchev–Trinajstić information content (AvgIpc) is 2.76. The molecule has 0 spiro atoms. The Morgan fingerprint density at radius 1 is 1.14 bits per heavy atom. The van der Waals surface area contributed by atoms with Crippen molar-refractivity contribution in [2.75, 3.05) is 7.11 Å². The second-order valence-corrected chi connectivity index (χ2v) is 8.84. The predicted molar refractivity (Wildman–Crippen MR) is 110 cm³/mol. The maximum Gasteiger partial charge on any atom is 0.261 e. The Kier molecular flexibility index (Phi) is 8.19. The zero-order valence-electron chi connectivity index (χ0n) is 16.9. The normalized spacial score (nSPS) is 13.7. The van der Waals surface area contributed by atoms with Gasteiger partial charge in [0.2, 0.25) is 10.0 Å². The first-order valence-electron chi connectivity index (χ1n) is 9.47. The van der Waals surface area contributed by atoms with Gasteiger partial charge in [0.15, 0.2) is 0 Å².